The molecule has 0 unspecified atom stereocenters. The Hall–Kier alpha value is -2.95. The summed E-state index contributed by atoms with van der Waals surface area (Å²) in [5.74, 6) is -0.254. The van der Waals surface area contributed by atoms with Gasteiger partial charge in [-0.05, 0) is 43.2 Å². The van der Waals surface area contributed by atoms with Crippen LogP contribution in [0.1, 0.15) is 29.3 Å². The number of hydrogen-bond acceptors (Lipinski definition) is 6. The molecule has 1 saturated heterocycles. The molecule has 2 amide bonds. The number of para-hydroxylation sites is 2. The van der Waals surface area contributed by atoms with Gasteiger partial charge in [-0.15, -0.1) is 0 Å². The third-order valence-electron chi connectivity index (χ3n) is 5.54. The van der Waals surface area contributed by atoms with Crippen LogP contribution in [0.15, 0.2) is 47.4 Å². The van der Waals surface area contributed by atoms with E-state index in [2.05, 4.69) is 5.32 Å². The minimum Gasteiger partial charge on any atom is -0.495 e. The summed E-state index contributed by atoms with van der Waals surface area (Å²) in [6.45, 7) is 5.03. The number of benzene rings is 2. The first-order chi connectivity index (χ1) is 16.3. The molecule has 0 aliphatic carbocycles. The van der Waals surface area contributed by atoms with E-state index in [1.165, 1.54) is 28.4 Å². The SMILES string of the molecule is CCCN(CC(=O)Nc1ccccc1OC)C(=O)c1cc(S(=O)(=O)N2CCOCC2)ccc1C. The van der Waals surface area contributed by atoms with Crippen LogP contribution in [0.25, 0.3) is 0 Å². The van der Waals surface area contributed by atoms with Crippen molar-refractivity contribution in [3.05, 3.63) is 53.6 Å². The van der Waals surface area contributed by atoms with Crippen molar-refractivity contribution in [1.29, 1.82) is 0 Å². The molecule has 1 heterocycles. The van der Waals surface area contributed by atoms with E-state index in [0.29, 0.717) is 43.2 Å². The molecule has 2 aromatic rings. The molecule has 1 aliphatic rings. The third kappa shape index (κ3) is 5.94. The van der Waals surface area contributed by atoms with Crippen LogP contribution in [0.5, 0.6) is 5.75 Å². The fourth-order valence-corrected chi connectivity index (χ4v) is 5.17. The molecule has 0 radical (unpaired) electrons. The first kappa shape index (κ1) is 25.7. The number of anilines is 1. The van der Waals surface area contributed by atoms with E-state index in [-0.39, 0.29) is 36.0 Å². The molecule has 0 spiro atoms. The summed E-state index contributed by atoms with van der Waals surface area (Å²) in [4.78, 5) is 27.6. The Balaban J connectivity index is 1.82. The maximum Gasteiger partial charge on any atom is 0.254 e. The maximum atomic E-state index is 13.4. The van der Waals surface area contributed by atoms with Crippen LogP contribution in [0.2, 0.25) is 0 Å². The van der Waals surface area contributed by atoms with Crippen molar-refractivity contribution >= 4 is 27.5 Å². The number of carbonyl (C=O) groups excluding carboxylic acids is 2. The van der Waals surface area contributed by atoms with Gasteiger partial charge in [0, 0.05) is 25.2 Å². The number of carbonyl (C=O) groups is 2. The normalized spacial score (nSPS) is 14.4. The van der Waals surface area contributed by atoms with E-state index in [1.54, 1.807) is 37.3 Å². The minimum absolute atomic E-state index is 0.0540. The topological polar surface area (TPSA) is 105 Å². The Labute approximate surface area is 200 Å². The van der Waals surface area contributed by atoms with Crippen molar-refractivity contribution in [3.63, 3.8) is 0 Å². The highest BCUT2D eigenvalue weighted by molar-refractivity contribution is 7.89. The van der Waals surface area contributed by atoms with Crippen molar-refractivity contribution in [2.24, 2.45) is 0 Å². The lowest BCUT2D eigenvalue weighted by Gasteiger charge is -2.27. The van der Waals surface area contributed by atoms with Gasteiger partial charge in [0.2, 0.25) is 15.9 Å². The summed E-state index contributed by atoms with van der Waals surface area (Å²) < 4.78 is 38.0. The van der Waals surface area contributed by atoms with Gasteiger partial charge in [-0.2, -0.15) is 4.31 Å². The Morgan fingerprint density at radius 3 is 2.53 bits per heavy atom. The van der Waals surface area contributed by atoms with Crippen molar-refractivity contribution in [2.45, 2.75) is 25.2 Å². The molecule has 0 bridgehead atoms. The first-order valence-corrected chi connectivity index (χ1v) is 12.6. The molecule has 34 heavy (non-hydrogen) atoms. The van der Waals surface area contributed by atoms with Gasteiger partial charge >= 0.3 is 0 Å². The average Bonchev–Trinajstić information content (AvgIpc) is 2.84. The van der Waals surface area contributed by atoms with Crippen molar-refractivity contribution in [1.82, 2.24) is 9.21 Å². The van der Waals surface area contributed by atoms with Gasteiger partial charge in [0.25, 0.3) is 5.91 Å². The highest BCUT2D eigenvalue weighted by atomic mass is 32.2. The van der Waals surface area contributed by atoms with Crippen LogP contribution >= 0.6 is 0 Å². The number of amides is 2. The van der Waals surface area contributed by atoms with E-state index in [1.807, 2.05) is 6.92 Å². The van der Waals surface area contributed by atoms with Crippen LogP contribution in [0.3, 0.4) is 0 Å². The Morgan fingerprint density at radius 2 is 1.85 bits per heavy atom. The van der Waals surface area contributed by atoms with Gasteiger partial charge in [-0.25, -0.2) is 8.42 Å². The fraction of sp³-hybridized carbons (Fsp3) is 0.417. The Morgan fingerprint density at radius 1 is 1.15 bits per heavy atom. The van der Waals surface area contributed by atoms with Crippen LogP contribution < -0.4 is 10.1 Å². The van der Waals surface area contributed by atoms with Crippen molar-refractivity contribution < 1.29 is 27.5 Å². The van der Waals surface area contributed by atoms with Crippen LogP contribution in [-0.4, -0.2) is 75.9 Å². The maximum absolute atomic E-state index is 13.4. The Bertz CT molecular complexity index is 1130. The quantitative estimate of drug-likeness (QED) is 0.580. The van der Waals surface area contributed by atoms with Gasteiger partial charge in [0.05, 0.1) is 30.9 Å². The third-order valence-corrected chi connectivity index (χ3v) is 7.44. The lowest BCUT2D eigenvalue weighted by molar-refractivity contribution is -0.116. The number of morpholine rings is 1. The van der Waals surface area contributed by atoms with Crippen LogP contribution in [-0.2, 0) is 19.6 Å². The molecular weight excluding hydrogens is 458 g/mol. The lowest BCUT2D eigenvalue weighted by atomic mass is 10.1. The zero-order chi connectivity index (χ0) is 24.7. The average molecular weight is 490 g/mol. The van der Waals surface area contributed by atoms with Gasteiger partial charge in [0.15, 0.2) is 0 Å². The molecule has 0 atom stereocenters. The summed E-state index contributed by atoms with van der Waals surface area (Å²) in [5.41, 5.74) is 1.40. The summed E-state index contributed by atoms with van der Waals surface area (Å²) in [6.07, 6.45) is 0.637. The lowest BCUT2D eigenvalue weighted by Crippen LogP contribution is -2.41. The number of nitrogens with zero attached hydrogens (tertiary/aromatic N) is 2. The number of aryl methyl sites for hydroxylation is 1. The molecule has 3 rings (SSSR count). The first-order valence-electron chi connectivity index (χ1n) is 11.2. The van der Waals surface area contributed by atoms with Crippen molar-refractivity contribution in [3.8, 4) is 5.75 Å². The number of rotatable bonds is 9. The summed E-state index contributed by atoms with van der Waals surface area (Å²) in [6, 6.07) is 11.6. The molecule has 0 aromatic heterocycles. The van der Waals surface area contributed by atoms with Gasteiger partial charge in [-0.3, -0.25) is 9.59 Å². The number of methoxy groups -OCH3 is 1. The number of hydrogen-bond donors (Lipinski definition) is 1. The van der Waals surface area contributed by atoms with E-state index in [4.69, 9.17) is 9.47 Å². The molecule has 10 heteroatoms. The number of sulfonamides is 1. The summed E-state index contributed by atoms with van der Waals surface area (Å²) >= 11 is 0. The van der Waals surface area contributed by atoms with E-state index >= 15 is 0 Å². The molecule has 2 aromatic carbocycles. The van der Waals surface area contributed by atoms with Gasteiger partial charge in [-0.1, -0.05) is 25.1 Å². The molecule has 184 valence electrons. The Kier molecular flexibility index (Phi) is 8.65. The zero-order valence-electron chi connectivity index (χ0n) is 19.7. The van der Waals surface area contributed by atoms with Gasteiger partial charge in [0.1, 0.15) is 12.3 Å². The smallest absolute Gasteiger partial charge is 0.254 e. The molecule has 0 saturated carbocycles. The molecule has 1 N–H and O–H groups in total. The molecule has 1 aliphatic heterocycles. The second kappa shape index (κ2) is 11.5. The van der Waals surface area contributed by atoms with E-state index in [0.717, 1.165) is 0 Å². The predicted molar refractivity (Wildman–Crippen MR) is 129 cm³/mol. The highest BCUT2D eigenvalue weighted by Crippen LogP contribution is 2.24. The van der Waals surface area contributed by atoms with Crippen LogP contribution in [0.4, 0.5) is 5.69 Å². The molecule has 9 nitrogen and oxygen atoms in total. The highest BCUT2D eigenvalue weighted by Gasteiger charge is 2.28. The predicted octanol–water partition coefficient (Wildman–Crippen LogP) is 2.52. The molecular formula is C24H31N3O6S. The van der Waals surface area contributed by atoms with Crippen LogP contribution in [0, 0.1) is 6.92 Å². The zero-order valence-corrected chi connectivity index (χ0v) is 20.6. The standard InChI is InChI=1S/C24H31N3O6S/c1-4-11-26(17-23(28)25-21-7-5-6-8-22(21)32-3)24(29)20-16-19(10-9-18(20)2)34(30,31)27-12-14-33-15-13-27/h5-10,16H,4,11-15,17H2,1-3H3,(H,25,28). The van der Waals surface area contributed by atoms with Crippen molar-refractivity contribution in [2.75, 3.05) is 51.8 Å². The van der Waals surface area contributed by atoms with E-state index in [9.17, 15) is 18.0 Å². The second-order valence-corrected chi connectivity index (χ2v) is 9.91. The number of nitrogens with one attached hydrogen (secondary N) is 1. The minimum atomic E-state index is -3.75. The largest absolute Gasteiger partial charge is 0.495 e. The second-order valence-electron chi connectivity index (χ2n) is 7.97. The van der Waals surface area contributed by atoms with Gasteiger partial charge < -0.3 is 19.7 Å². The summed E-state index contributed by atoms with van der Waals surface area (Å²) in [7, 11) is -2.24. The number of ether oxygens (including phenoxy) is 2. The van der Waals surface area contributed by atoms with E-state index < -0.39 is 15.9 Å². The monoisotopic (exact) mass is 489 g/mol. The molecule has 1 fully saturated rings. The fourth-order valence-electron chi connectivity index (χ4n) is 3.73. The summed E-state index contributed by atoms with van der Waals surface area (Å²) in [5, 5.41) is 2.78.